The maximum atomic E-state index is 12.6. The number of nitrogens with zero attached hydrogens (tertiary/aromatic N) is 4. The Morgan fingerprint density at radius 3 is 2.27 bits per heavy atom. The van der Waals surface area contributed by atoms with Gasteiger partial charge in [0.1, 0.15) is 6.04 Å². The van der Waals surface area contributed by atoms with E-state index in [1.807, 2.05) is 41.8 Å². The molecule has 1 aliphatic heterocycles. The molecule has 0 spiro atoms. The number of carbonyl (C=O) groups excluding carboxylic acids is 2. The predicted octanol–water partition coefficient (Wildman–Crippen LogP) is 2.90. The minimum Gasteiger partial charge on any atom is -0.468 e. The van der Waals surface area contributed by atoms with Crippen molar-refractivity contribution in [1.29, 1.82) is 0 Å². The first-order valence-corrected chi connectivity index (χ1v) is 11.0. The molecule has 1 aromatic carbocycles. The fourth-order valence-corrected chi connectivity index (χ4v) is 4.44. The molecule has 2 heterocycles. The first-order chi connectivity index (χ1) is 14.4. The number of amides is 1. The Morgan fingerprint density at radius 1 is 1.10 bits per heavy atom. The molecule has 0 unspecified atom stereocenters. The molecule has 0 saturated carbocycles. The van der Waals surface area contributed by atoms with Gasteiger partial charge in [-0.05, 0) is 37.6 Å². The van der Waals surface area contributed by atoms with Gasteiger partial charge in [0.2, 0.25) is 5.91 Å². The molecule has 3 rings (SSSR count). The zero-order valence-corrected chi connectivity index (χ0v) is 18.9. The van der Waals surface area contributed by atoms with Crippen LogP contribution in [0, 0.1) is 13.8 Å². The Morgan fingerprint density at radius 2 is 1.70 bits per heavy atom. The van der Waals surface area contributed by atoms with Crippen molar-refractivity contribution in [3.8, 4) is 0 Å². The van der Waals surface area contributed by atoms with Crippen LogP contribution >= 0.6 is 23.4 Å². The summed E-state index contributed by atoms with van der Waals surface area (Å²) in [5.41, 5.74) is 2.61. The molecule has 0 aliphatic carbocycles. The molecule has 160 valence electrons. The summed E-state index contributed by atoms with van der Waals surface area (Å²) in [5.74, 6) is 0.0173. The van der Waals surface area contributed by atoms with E-state index in [2.05, 4.69) is 9.97 Å². The van der Waals surface area contributed by atoms with E-state index in [1.54, 1.807) is 12.1 Å². The maximum absolute atomic E-state index is 12.6. The number of carbonyl (C=O) groups is 2. The summed E-state index contributed by atoms with van der Waals surface area (Å²) in [4.78, 5) is 37.7. The maximum Gasteiger partial charge on any atom is 0.327 e. The van der Waals surface area contributed by atoms with E-state index in [4.69, 9.17) is 16.3 Å². The fraction of sp³-hybridized carbons (Fsp3) is 0.429. The summed E-state index contributed by atoms with van der Waals surface area (Å²) in [7, 11) is 1.39. The molecule has 1 fully saturated rings. The number of aromatic nitrogens is 2. The van der Waals surface area contributed by atoms with Crippen molar-refractivity contribution in [3.63, 3.8) is 0 Å². The smallest absolute Gasteiger partial charge is 0.327 e. The number of benzene rings is 1. The van der Waals surface area contributed by atoms with Crippen LogP contribution in [0.4, 0.5) is 0 Å². The predicted molar refractivity (Wildman–Crippen MR) is 117 cm³/mol. The summed E-state index contributed by atoms with van der Waals surface area (Å²) < 4.78 is 5.02. The first kappa shape index (κ1) is 22.5. The summed E-state index contributed by atoms with van der Waals surface area (Å²) in [6.45, 7) is 6.09. The number of esters is 1. The van der Waals surface area contributed by atoms with Crippen LogP contribution in [0.2, 0.25) is 5.02 Å². The van der Waals surface area contributed by atoms with E-state index in [0.717, 1.165) is 17.0 Å². The Kier molecular flexibility index (Phi) is 7.69. The van der Waals surface area contributed by atoms with Crippen LogP contribution in [0.25, 0.3) is 0 Å². The van der Waals surface area contributed by atoms with Crippen LogP contribution in [-0.2, 0) is 14.3 Å². The van der Waals surface area contributed by atoms with Gasteiger partial charge in [0.05, 0.1) is 12.9 Å². The standard InChI is InChI=1S/C21H25ClN4O3S/c1-14-12-15(2)24-21(23-14)30-13-18(27)25-8-10-26(11-9-25)19(20(28)29-3)16-4-6-17(22)7-5-16/h4-7,12,19H,8-11,13H2,1-3H3/t19-/m1/s1. The lowest BCUT2D eigenvalue weighted by molar-refractivity contribution is -0.148. The molecule has 7 nitrogen and oxygen atoms in total. The second-order valence-electron chi connectivity index (χ2n) is 7.12. The second-order valence-corrected chi connectivity index (χ2v) is 8.49. The number of hydrogen-bond acceptors (Lipinski definition) is 7. The number of aryl methyl sites for hydroxylation is 2. The lowest BCUT2D eigenvalue weighted by atomic mass is 10.0. The molecule has 0 bridgehead atoms. The van der Waals surface area contributed by atoms with Crippen molar-refractivity contribution in [2.45, 2.75) is 25.0 Å². The number of hydrogen-bond donors (Lipinski definition) is 0. The Hall–Kier alpha value is -2.16. The van der Waals surface area contributed by atoms with Gasteiger partial charge in [0.15, 0.2) is 5.16 Å². The molecular formula is C21H25ClN4O3S. The summed E-state index contributed by atoms with van der Waals surface area (Å²) >= 11 is 7.33. The molecule has 2 aromatic rings. The molecule has 1 saturated heterocycles. The Labute approximate surface area is 185 Å². The summed E-state index contributed by atoms with van der Waals surface area (Å²) in [6.07, 6.45) is 0. The minimum absolute atomic E-state index is 0.0449. The Balaban J connectivity index is 1.58. The highest BCUT2D eigenvalue weighted by atomic mass is 35.5. The number of thioether (sulfide) groups is 1. The first-order valence-electron chi connectivity index (χ1n) is 9.67. The zero-order chi connectivity index (χ0) is 21.7. The van der Waals surface area contributed by atoms with Crippen molar-refractivity contribution < 1.29 is 14.3 Å². The van der Waals surface area contributed by atoms with Gasteiger partial charge in [-0.15, -0.1) is 0 Å². The molecule has 0 radical (unpaired) electrons. The van der Waals surface area contributed by atoms with Crippen LogP contribution in [0.1, 0.15) is 23.0 Å². The summed E-state index contributed by atoms with van der Waals surface area (Å²) in [6, 6.07) is 8.59. The molecule has 1 aliphatic rings. The topological polar surface area (TPSA) is 75.6 Å². The lowest BCUT2D eigenvalue weighted by Crippen LogP contribution is -2.51. The Bertz CT molecular complexity index is 881. The molecule has 1 atom stereocenters. The van der Waals surface area contributed by atoms with Crippen LogP contribution < -0.4 is 0 Å². The van der Waals surface area contributed by atoms with Gasteiger partial charge in [0.25, 0.3) is 0 Å². The molecule has 30 heavy (non-hydrogen) atoms. The van der Waals surface area contributed by atoms with Gasteiger partial charge in [-0.2, -0.15) is 0 Å². The SMILES string of the molecule is COC(=O)[C@@H](c1ccc(Cl)cc1)N1CCN(C(=O)CSc2nc(C)cc(C)n2)CC1. The monoisotopic (exact) mass is 448 g/mol. The number of methoxy groups -OCH3 is 1. The number of halogens is 1. The second kappa shape index (κ2) is 10.2. The van der Waals surface area contributed by atoms with Gasteiger partial charge in [-0.1, -0.05) is 35.5 Å². The minimum atomic E-state index is -0.512. The van der Waals surface area contributed by atoms with E-state index in [1.165, 1.54) is 18.9 Å². The highest BCUT2D eigenvalue weighted by Gasteiger charge is 2.32. The number of piperazine rings is 1. The van der Waals surface area contributed by atoms with Crippen molar-refractivity contribution >= 4 is 35.2 Å². The molecule has 9 heteroatoms. The number of ether oxygens (including phenoxy) is 1. The average Bonchev–Trinajstić information content (AvgIpc) is 2.73. The van der Waals surface area contributed by atoms with Crippen LogP contribution in [-0.4, -0.2) is 70.7 Å². The lowest BCUT2D eigenvalue weighted by Gasteiger charge is -2.38. The van der Waals surface area contributed by atoms with E-state index in [0.29, 0.717) is 42.1 Å². The third-order valence-electron chi connectivity index (χ3n) is 4.93. The van der Waals surface area contributed by atoms with Crippen molar-refractivity contribution in [3.05, 3.63) is 52.3 Å². The summed E-state index contributed by atoms with van der Waals surface area (Å²) in [5, 5.41) is 1.23. The van der Waals surface area contributed by atoms with Crippen molar-refractivity contribution in [2.24, 2.45) is 0 Å². The van der Waals surface area contributed by atoms with E-state index >= 15 is 0 Å². The van der Waals surface area contributed by atoms with Crippen LogP contribution in [0.5, 0.6) is 0 Å². The van der Waals surface area contributed by atoms with E-state index in [-0.39, 0.29) is 11.9 Å². The normalized spacial score (nSPS) is 15.7. The molecular weight excluding hydrogens is 424 g/mol. The van der Waals surface area contributed by atoms with Crippen LogP contribution in [0.3, 0.4) is 0 Å². The molecule has 1 amide bonds. The van der Waals surface area contributed by atoms with Gasteiger partial charge in [0, 0.05) is 42.6 Å². The third kappa shape index (κ3) is 5.71. The molecule has 0 N–H and O–H groups in total. The highest BCUT2D eigenvalue weighted by molar-refractivity contribution is 7.99. The quantitative estimate of drug-likeness (QED) is 0.382. The fourth-order valence-electron chi connectivity index (χ4n) is 3.46. The van der Waals surface area contributed by atoms with E-state index < -0.39 is 6.04 Å². The average molecular weight is 449 g/mol. The van der Waals surface area contributed by atoms with Gasteiger partial charge < -0.3 is 9.64 Å². The van der Waals surface area contributed by atoms with E-state index in [9.17, 15) is 9.59 Å². The number of rotatable bonds is 6. The van der Waals surface area contributed by atoms with Gasteiger partial charge in [-0.3, -0.25) is 9.69 Å². The van der Waals surface area contributed by atoms with Crippen LogP contribution in [0.15, 0.2) is 35.5 Å². The van der Waals surface area contributed by atoms with Crippen molar-refractivity contribution in [2.75, 3.05) is 39.0 Å². The van der Waals surface area contributed by atoms with Gasteiger partial charge >= 0.3 is 5.97 Å². The zero-order valence-electron chi connectivity index (χ0n) is 17.3. The largest absolute Gasteiger partial charge is 0.468 e. The molecule has 1 aromatic heterocycles. The third-order valence-corrected chi connectivity index (χ3v) is 6.01. The van der Waals surface area contributed by atoms with Gasteiger partial charge in [-0.25, -0.2) is 14.8 Å². The highest BCUT2D eigenvalue weighted by Crippen LogP contribution is 2.25. The van der Waals surface area contributed by atoms with Crippen molar-refractivity contribution in [1.82, 2.24) is 19.8 Å².